The van der Waals surface area contributed by atoms with Crippen molar-refractivity contribution in [1.29, 1.82) is 0 Å². The molecule has 2 N–H and O–H groups in total. The minimum absolute atomic E-state index is 0.0525. The van der Waals surface area contributed by atoms with E-state index < -0.39 is 95.6 Å². The number of carbonyl (C=O) groups is 1. The smallest absolute Gasteiger partial charge is 0.356 e. The minimum Gasteiger partial charge on any atom is -0.356 e. The lowest BCUT2D eigenvalue weighted by molar-refractivity contribution is -0.456. The molecular weight excluding hydrogens is 758 g/mol. The van der Waals surface area contributed by atoms with Gasteiger partial charge in [0.1, 0.15) is 24.6 Å². The molecule has 12 nitrogen and oxygen atoms in total. The van der Waals surface area contributed by atoms with Crippen molar-refractivity contribution in [2.75, 3.05) is 27.1 Å². The quantitative estimate of drug-likeness (QED) is 0.0615. The molecule has 4 fully saturated rings. The van der Waals surface area contributed by atoms with Crippen LogP contribution >= 0.6 is 0 Å². The lowest BCUT2D eigenvalue weighted by Gasteiger charge is -2.48. The zero-order valence-electron chi connectivity index (χ0n) is 28.7. The van der Waals surface area contributed by atoms with E-state index in [-0.39, 0.29) is 25.5 Å². The zero-order chi connectivity index (χ0) is 38.9. The monoisotopic (exact) mass is 800 g/mol. The van der Waals surface area contributed by atoms with Crippen molar-refractivity contribution in [2.24, 2.45) is 5.92 Å². The van der Waals surface area contributed by atoms with Gasteiger partial charge >= 0.3 is 33.9 Å². The van der Waals surface area contributed by atoms with Gasteiger partial charge in [0.25, 0.3) is 0 Å². The van der Waals surface area contributed by atoms with Crippen molar-refractivity contribution in [2.45, 2.75) is 124 Å². The average molecular weight is 801 g/mol. The molecule has 0 aromatic heterocycles. The van der Waals surface area contributed by atoms with E-state index in [1.165, 1.54) is 0 Å². The van der Waals surface area contributed by atoms with Crippen LogP contribution in [0.15, 0.2) is 30.3 Å². The third-order valence-corrected chi connectivity index (χ3v) is 10.9. The number of methoxy groups -OCH3 is 1. The molecule has 2 saturated carbocycles. The average Bonchev–Trinajstić information content (AvgIpc) is 3.86. The molecule has 1 aromatic rings. The third-order valence-electron chi connectivity index (χ3n) is 9.54. The first-order valence-electron chi connectivity index (χ1n) is 17.0. The number of ether oxygens (including phenoxy) is 7. The molecule has 2 heterocycles. The number of carbonyl (C=O) groups excluding carboxylic acids is 1. The number of hydrogen-bond acceptors (Lipinski definition) is 10. The Morgan fingerprint density at radius 3 is 2.26 bits per heavy atom. The van der Waals surface area contributed by atoms with Crippen molar-refractivity contribution in [3.8, 4) is 0 Å². The Kier molecular flexibility index (Phi) is 12.8. The van der Waals surface area contributed by atoms with Gasteiger partial charge in [-0.15, -0.1) is 13.0 Å². The second kappa shape index (κ2) is 16.2. The van der Waals surface area contributed by atoms with E-state index in [2.05, 4.69) is 8.92 Å². The summed E-state index contributed by atoms with van der Waals surface area (Å²) in [6.45, 7) is 0.834. The molecule has 8 atom stereocenters. The Balaban J connectivity index is 1.32. The van der Waals surface area contributed by atoms with Gasteiger partial charge in [0.05, 0.1) is 12.5 Å². The molecule has 21 heteroatoms. The fourth-order valence-corrected chi connectivity index (χ4v) is 7.54. The van der Waals surface area contributed by atoms with E-state index in [9.17, 15) is 39.9 Å². The lowest BCUT2D eigenvalue weighted by atomic mass is 9.95. The molecule has 1 amide bonds. The molecule has 4 unspecified atom stereocenters. The highest BCUT2D eigenvalue weighted by molar-refractivity contribution is 7.94. The van der Waals surface area contributed by atoms with Crippen molar-refractivity contribution < 1.29 is 86.0 Å². The first-order chi connectivity index (χ1) is 24.8. The van der Waals surface area contributed by atoms with Crippen molar-refractivity contribution in [3.05, 3.63) is 35.9 Å². The summed E-state index contributed by atoms with van der Waals surface area (Å²) in [5.74, 6) is -7.60. The minimum atomic E-state index is -6.88. The van der Waals surface area contributed by atoms with Crippen LogP contribution in [0.3, 0.4) is 0 Å². The van der Waals surface area contributed by atoms with Gasteiger partial charge in [-0.2, -0.15) is 30.9 Å². The molecule has 302 valence electrons. The first kappa shape index (κ1) is 42.1. The maximum atomic E-state index is 15.3. The SMILES string of the molecule is CCOCO[C@@H]1C(O[S+](=O)(O)C(F)(F)C(F)(F)OC(F)(F)C(F)(F)CC(=O)NCC2CCCCCC2)[C@H](OC)O[C@]23CC2OC(c2ccccc2)O[C@@H]13. The summed E-state index contributed by atoms with van der Waals surface area (Å²) in [6.07, 6.45) is -20.1. The van der Waals surface area contributed by atoms with Gasteiger partial charge in [-0.3, -0.25) is 4.79 Å². The Labute approximate surface area is 300 Å². The van der Waals surface area contributed by atoms with Crippen LogP contribution in [-0.4, -0.2) is 97.2 Å². The maximum Gasteiger partial charge on any atom is 0.567 e. The van der Waals surface area contributed by atoms with Crippen molar-refractivity contribution >= 4 is 16.4 Å². The van der Waals surface area contributed by atoms with Gasteiger partial charge in [0.2, 0.25) is 5.91 Å². The van der Waals surface area contributed by atoms with Crippen LogP contribution in [0.1, 0.15) is 70.1 Å². The van der Waals surface area contributed by atoms with Crippen molar-refractivity contribution in [1.82, 2.24) is 5.32 Å². The predicted octanol–water partition coefficient (Wildman–Crippen LogP) is 6.17. The van der Waals surface area contributed by atoms with Crippen LogP contribution in [0.25, 0.3) is 0 Å². The molecule has 2 aliphatic heterocycles. The largest absolute Gasteiger partial charge is 0.567 e. The molecule has 2 saturated heterocycles. The summed E-state index contributed by atoms with van der Waals surface area (Å²) in [4.78, 5) is 12.1. The first-order valence-corrected chi connectivity index (χ1v) is 18.4. The van der Waals surface area contributed by atoms with Crippen LogP contribution < -0.4 is 5.32 Å². The number of alkyl halides is 8. The molecule has 4 aliphatic rings. The summed E-state index contributed by atoms with van der Waals surface area (Å²) < 4.78 is 183. The topological polar surface area (TPSA) is 140 Å². The van der Waals surface area contributed by atoms with Gasteiger partial charge in [0.15, 0.2) is 18.7 Å². The molecule has 53 heavy (non-hydrogen) atoms. The van der Waals surface area contributed by atoms with Gasteiger partial charge < -0.3 is 33.7 Å². The molecular formula is C32H42F8NO11S+. The van der Waals surface area contributed by atoms with E-state index >= 15 is 8.78 Å². The summed E-state index contributed by atoms with van der Waals surface area (Å²) in [5.41, 5.74) is -0.920. The second-order valence-electron chi connectivity index (χ2n) is 13.3. The van der Waals surface area contributed by atoms with Gasteiger partial charge in [-0.05, 0) is 29.9 Å². The molecule has 2 aliphatic carbocycles. The number of hydrogen-bond donors (Lipinski definition) is 2. The van der Waals surface area contributed by atoms with Crippen molar-refractivity contribution in [3.63, 3.8) is 0 Å². The number of halogens is 8. The number of benzene rings is 1. The molecule has 5 rings (SSSR count). The number of amides is 1. The Morgan fingerprint density at radius 2 is 1.64 bits per heavy atom. The van der Waals surface area contributed by atoms with Gasteiger partial charge in [0, 0.05) is 32.2 Å². The maximum absolute atomic E-state index is 15.3. The Bertz CT molecular complexity index is 1440. The standard InChI is InChI=1S/C32H41F8NO11S/c1-3-46-18-47-23-24(27(45-2)50-28-15-21(28)48-26(49-25(23)28)20-13-9-6-10-14-20)51-53(43,44)32(39,40)31(37,38)52-30(35,36)29(33,34)16-22(42)41-17-19-11-7-4-5-8-12-19/h6,9-10,13-14,19,21,23-27H,3-5,7-8,11-12,15-18H2,1-2H3,(H-,41,42,43,44)/p+1/t21?,23-,24?,25+,26?,27-,28-/m1/s1. The van der Waals surface area contributed by atoms with Crippen LogP contribution in [0.4, 0.5) is 35.1 Å². The molecule has 1 spiro atoms. The van der Waals surface area contributed by atoms with Crippen LogP contribution in [-0.2, 0) is 56.8 Å². The normalized spacial score (nSPS) is 31.2. The van der Waals surface area contributed by atoms with E-state index in [1.54, 1.807) is 37.3 Å². The summed E-state index contributed by atoms with van der Waals surface area (Å²) in [6, 6.07) is 8.26. The fourth-order valence-electron chi connectivity index (χ4n) is 6.57. The Hall–Kier alpha value is -2.08. The Morgan fingerprint density at radius 1 is 0.981 bits per heavy atom. The molecule has 0 bridgehead atoms. The highest BCUT2D eigenvalue weighted by atomic mass is 32.3. The van der Waals surface area contributed by atoms with E-state index in [4.69, 9.17) is 28.4 Å². The number of nitrogens with one attached hydrogen (secondary N) is 1. The van der Waals surface area contributed by atoms with Gasteiger partial charge in [-0.25, -0.2) is 4.74 Å². The lowest BCUT2D eigenvalue weighted by Crippen LogP contribution is -2.66. The summed E-state index contributed by atoms with van der Waals surface area (Å²) >= 11 is 0. The summed E-state index contributed by atoms with van der Waals surface area (Å²) in [7, 11) is -5.94. The van der Waals surface area contributed by atoms with Crippen LogP contribution in [0.5, 0.6) is 0 Å². The second-order valence-corrected chi connectivity index (χ2v) is 14.9. The molecule has 1 aromatic carbocycles. The highest BCUT2D eigenvalue weighted by Gasteiger charge is 2.83. The zero-order valence-corrected chi connectivity index (χ0v) is 29.5. The third kappa shape index (κ3) is 8.83. The van der Waals surface area contributed by atoms with Gasteiger partial charge in [-0.1, -0.05) is 56.0 Å². The molecule has 0 radical (unpaired) electrons. The van der Waals surface area contributed by atoms with Crippen LogP contribution in [0.2, 0.25) is 0 Å². The number of rotatable bonds is 17. The summed E-state index contributed by atoms with van der Waals surface area (Å²) in [5, 5.41) is -4.62. The highest BCUT2D eigenvalue weighted by Crippen LogP contribution is 2.59. The van der Waals surface area contributed by atoms with Crippen LogP contribution in [0, 0.1) is 5.92 Å². The fraction of sp³-hybridized carbons (Fsp3) is 0.781. The van der Waals surface area contributed by atoms with E-state index in [0.29, 0.717) is 18.4 Å². The van der Waals surface area contributed by atoms with E-state index in [1.807, 2.05) is 5.32 Å². The predicted molar refractivity (Wildman–Crippen MR) is 165 cm³/mol. The van der Waals surface area contributed by atoms with E-state index in [0.717, 1.165) is 32.8 Å².